The minimum atomic E-state index is 0.372. The largest absolute Gasteiger partial charge is 0.303 e. The molecule has 0 radical (unpaired) electrons. The van der Waals surface area contributed by atoms with Crippen LogP contribution >= 0.6 is 0 Å². The molecule has 1 aliphatic carbocycles. The molecule has 1 aromatic carbocycles. The van der Waals surface area contributed by atoms with E-state index in [0.29, 0.717) is 5.41 Å². The normalized spacial score (nSPS) is 33.1. The first-order valence-electron chi connectivity index (χ1n) is 7.96. The molecule has 0 spiro atoms. The number of nitrogens with zero attached hydrogens (tertiary/aromatic N) is 1. The van der Waals surface area contributed by atoms with Crippen molar-refractivity contribution in [3.8, 4) is 0 Å². The fourth-order valence-electron chi connectivity index (χ4n) is 3.77. The van der Waals surface area contributed by atoms with Gasteiger partial charge < -0.3 is 4.90 Å². The molecule has 1 saturated carbocycles. The van der Waals surface area contributed by atoms with E-state index in [-0.39, 0.29) is 0 Å². The van der Waals surface area contributed by atoms with E-state index < -0.39 is 0 Å². The van der Waals surface area contributed by atoms with Crippen molar-refractivity contribution in [3.05, 3.63) is 35.9 Å². The van der Waals surface area contributed by atoms with Gasteiger partial charge in [-0.2, -0.15) is 0 Å². The second-order valence-electron chi connectivity index (χ2n) is 6.99. The van der Waals surface area contributed by atoms with Crippen LogP contribution in [-0.2, 0) is 5.41 Å². The summed E-state index contributed by atoms with van der Waals surface area (Å²) in [5.74, 6) is 1.76. The molecule has 3 rings (SSSR count). The molecule has 2 fully saturated rings. The zero-order chi connectivity index (χ0) is 13.3. The van der Waals surface area contributed by atoms with E-state index in [2.05, 4.69) is 49.1 Å². The van der Waals surface area contributed by atoms with Gasteiger partial charge in [0.2, 0.25) is 0 Å². The Labute approximate surface area is 118 Å². The molecule has 104 valence electrons. The van der Waals surface area contributed by atoms with Gasteiger partial charge >= 0.3 is 0 Å². The summed E-state index contributed by atoms with van der Waals surface area (Å²) in [7, 11) is 0. The molecule has 1 saturated heterocycles. The van der Waals surface area contributed by atoms with Crippen LogP contribution in [0.4, 0.5) is 0 Å². The first-order chi connectivity index (χ1) is 9.18. The molecule has 0 N–H and O–H groups in total. The van der Waals surface area contributed by atoms with Gasteiger partial charge in [0.05, 0.1) is 0 Å². The summed E-state index contributed by atoms with van der Waals surface area (Å²) in [6.07, 6.45) is 5.72. The zero-order valence-corrected chi connectivity index (χ0v) is 12.4. The molecule has 1 nitrogen and oxygen atoms in total. The molecule has 0 aromatic heterocycles. The van der Waals surface area contributed by atoms with Crippen LogP contribution in [0.25, 0.3) is 0 Å². The van der Waals surface area contributed by atoms with Crippen molar-refractivity contribution >= 4 is 0 Å². The lowest BCUT2D eigenvalue weighted by Crippen LogP contribution is -2.49. The third kappa shape index (κ3) is 2.58. The highest BCUT2D eigenvalue weighted by Gasteiger charge is 2.38. The third-order valence-corrected chi connectivity index (χ3v) is 5.74. The van der Waals surface area contributed by atoms with E-state index in [1.54, 1.807) is 0 Å². The van der Waals surface area contributed by atoms with Gasteiger partial charge in [-0.25, -0.2) is 0 Å². The lowest BCUT2D eigenvalue weighted by molar-refractivity contribution is 0.0816. The fraction of sp³-hybridized carbons (Fsp3) is 0.667. The number of hydrogen-bond acceptors (Lipinski definition) is 1. The second-order valence-corrected chi connectivity index (χ2v) is 6.99. The van der Waals surface area contributed by atoms with Gasteiger partial charge in [0.15, 0.2) is 0 Å². The molecule has 1 heterocycles. The summed E-state index contributed by atoms with van der Waals surface area (Å²) in [5, 5.41) is 0. The number of rotatable bonds is 3. The summed E-state index contributed by atoms with van der Waals surface area (Å²) in [6.45, 7) is 8.83. The number of piperidine rings is 1. The van der Waals surface area contributed by atoms with E-state index in [1.165, 1.54) is 50.9 Å². The highest BCUT2D eigenvalue weighted by atomic mass is 15.1. The van der Waals surface area contributed by atoms with E-state index in [4.69, 9.17) is 0 Å². The van der Waals surface area contributed by atoms with Gasteiger partial charge in [-0.05, 0) is 48.6 Å². The zero-order valence-electron chi connectivity index (χ0n) is 12.4. The summed E-state index contributed by atoms with van der Waals surface area (Å²) < 4.78 is 0. The van der Waals surface area contributed by atoms with Crippen molar-refractivity contribution in [2.75, 3.05) is 19.6 Å². The Bertz CT molecular complexity index is 409. The lowest BCUT2D eigenvalue weighted by Gasteiger charge is -2.46. The molecule has 0 bridgehead atoms. The Hall–Kier alpha value is -0.820. The summed E-state index contributed by atoms with van der Waals surface area (Å²) in [6, 6.07) is 11.1. The van der Waals surface area contributed by atoms with Gasteiger partial charge in [0, 0.05) is 13.1 Å². The monoisotopic (exact) mass is 257 g/mol. The fourth-order valence-corrected chi connectivity index (χ4v) is 3.77. The Morgan fingerprint density at radius 1 is 1.21 bits per heavy atom. The van der Waals surface area contributed by atoms with Crippen LogP contribution in [0.1, 0.15) is 45.1 Å². The molecule has 0 amide bonds. The molecule has 2 atom stereocenters. The van der Waals surface area contributed by atoms with Crippen molar-refractivity contribution in [2.45, 2.75) is 44.9 Å². The predicted molar refractivity (Wildman–Crippen MR) is 81.4 cm³/mol. The van der Waals surface area contributed by atoms with E-state index in [9.17, 15) is 0 Å². The van der Waals surface area contributed by atoms with Crippen LogP contribution in [0.2, 0.25) is 0 Å². The van der Waals surface area contributed by atoms with Crippen molar-refractivity contribution < 1.29 is 0 Å². The van der Waals surface area contributed by atoms with E-state index in [0.717, 1.165) is 11.8 Å². The first kappa shape index (κ1) is 13.2. The average molecular weight is 257 g/mol. The number of hydrogen-bond donors (Lipinski definition) is 0. The Morgan fingerprint density at radius 3 is 2.53 bits per heavy atom. The van der Waals surface area contributed by atoms with E-state index >= 15 is 0 Å². The highest BCUT2D eigenvalue weighted by Crippen LogP contribution is 2.40. The Morgan fingerprint density at radius 2 is 1.95 bits per heavy atom. The van der Waals surface area contributed by atoms with Crippen LogP contribution in [0.15, 0.2) is 30.3 Å². The third-order valence-electron chi connectivity index (χ3n) is 5.74. The van der Waals surface area contributed by atoms with Gasteiger partial charge in [-0.15, -0.1) is 0 Å². The predicted octanol–water partition coefficient (Wildman–Crippen LogP) is 4.09. The summed E-state index contributed by atoms with van der Waals surface area (Å²) >= 11 is 0. The van der Waals surface area contributed by atoms with Crippen molar-refractivity contribution in [1.82, 2.24) is 4.90 Å². The van der Waals surface area contributed by atoms with Gasteiger partial charge in [0.25, 0.3) is 0 Å². The summed E-state index contributed by atoms with van der Waals surface area (Å²) in [5.41, 5.74) is 1.91. The highest BCUT2D eigenvalue weighted by molar-refractivity contribution is 5.26. The van der Waals surface area contributed by atoms with Gasteiger partial charge in [-0.3, -0.25) is 0 Å². The lowest BCUT2D eigenvalue weighted by atomic mass is 9.68. The first-order valence-corrected chi connectivity index (χ1v) is 7.96. The van der Waals surface area contributed by atoms with Crippen LogP contribution in [0.3, 0.4) is 0 Å². The average Bonchev–Trinajstić information content (AvgIpc) is 2.39. The maximum absolute atomic E-state index is 2.72. The van der Waals surface area contributed by atoms with Crippen LogP contribution in [0.5, 0.6) is 0 Å². The van der Waals surface area contributed by atoms with Crippen LogP contribution in [0, 0.1) is 11.8 Å². The van der Waals surface area contributed by atoms with Crippen molar-refractivity contribution in [1.29, 1.82) is 0 Å². The molecular formula is C18H27N. The van der Waals surface area contributed by atoms with Crippen LogP contribution < -0.4 is 0 Å². The minimum absolute atomic E-state index is 0.372. The molecule has 0 unspecified atom stereocenters. The van der Waals surface area contributed by atoms with Crippen molar-refractivity contribution in [3.63, 3.8) is 0 Å². The number of benzene rings is 1. The van der Waals surface area contributed by atoms with Gasteiger partial charge in [-0.1, -0.05) is 50.6 Å². The van der Waals surface area contributed by atoms with Crippen molar-refractivity contribution in [2.24, 2.45) is 11.8 Å². The number of likely N-dealkylation sites (tertiary alicyclic amines) is 1. The summed E-state index contributed by atoms with van der Waals surface area (Å²) in [4.78, 5) is 2.72. The SMILES string of the molecule is C[C@H]1CN(CC2CCC2)CC[C@@]1(C)c1ccccc1. The van der Waals surface area contributed by atoms with E-state index in [1.807, 2.05) is 0 Å². The maximum atomic E-state index is 2.72. The van der Waals surface area contributed by atoms with Crippen LogP contribution in [-0.4, -0.2) is 24.5 Å². The molecule has 2 aliphatic rings. The molecule has 19 heavy (non-hydrogen) atoms. The molecule has 1 aromatic rings. The topological polar surface area (TPSA) is 3.24 Å². The Kier molecular flexibility index (Phi) is 3.66. The Balaban J connectivity index is 1.66. The smallest absolute Gasteiger partial charge is 0.00156 e. The van der Waals surface area contributed by atoms with Gasteiger partial charge in [0.1, 0.15) is 0 Å². The molecule has 1 aliphatic heterocycles. The maximum Gasteiger partial charge on any atom is 0.00156 e. The second kappa shape index (κ2) is 5.28. The molecule has 1 heteroatoms. The molecular weight excluding hydrogens is 230 g/mol. The minimum Gasteiger partial charge on any atom is -0.303 e. The quantitative estimate of drug-likeness (QED) is 0.788. The standard InChI is InChI=1S/C18H27N/c1-15-13-19(14-16-7-6-8-16)12-11-18(15,2)17-9-4-3-5-10-17/h3-5,9-10,15-16H,6-8,11-14H2,1-2H3/t15-,18+/m0/s1.